The second kappa shape index (κ2) is 8.19. The zero-order valence-corrected chi connectivity index (χ0v) is 14.1. The highest BCUT2D eigenvalue weighted by Crippen LogP contribution is 2.25. The molecular formula is C24H18O2. The summed E-state index contributed by atoms with van der Waals surface area (Å²) in [6, 6.07) is 27.5. The molecule has 26 heavy (non-hydrogen) atoms. The van der Waals surface area contributed by atoms with Crippen LogP contribution in [0.15, 0.2) is 91.0 Å². The Bertz CT molecular complexity index is 898. The van der Waals surface area contributed by atoms with Crippen molar-refractivity contribution in [3.63, 3.8) is 0 Å². The fraction of sp³-hybridized carbons (Fsp3) is 0.0833. The topological polar surface area (TPSA) is 40.5 Å². The van der Waals surface area contributed by atoms with Crippen LogP contribution in [0, 0.1) is 23.7 Å². The molecule has 126 valence electrons. The van der Waals surface area contributed by atoms with Crippen molar-refractivity contribution in [1.29, 1.82) is 0 Å². The molecule has 0 radical (unpaired) electrons. The van der Waals surface area contributed by atoms with Crippen molar-refractivity contribution in [3.05, 3.63) is 108 Å². The van der Waals surface area contributed by atoms with Crippen LogP contribution in [0.1, 0.15) is 22.8 Å². The van der Waals surface area contributed by atoms with Crippen LogP contribution in [0.4, 0.5) is 0 Å². The highest BCUT2D eigenvalue weighted by molar-refractivity contribution is 5.45. The van der Waals surface area contributed by atoms with E-state index in [0.29, 0.717) is 5.56 Å². The van der Waals surface area contributed by atoms with Crippen molar-refractivity contribution in [1.82, 2.24) is 0 Å². The standard InChI is InChI=1S/C24H18O2/c25-23(22-14-8-3-9-15-22)24(26,18-16-20-10-4-1-5-11-20)19-17-21-12-6-2-7-13-21/h1-15,23,25-26H/t23-/m1/s1. The van der Waals surface area contributed by atoms with Gasteiger partial charge in [-0.2, -0.15) is 0 Å². The number of rotatable bonds is 2. The van der Waals surface area contributed by atoms with Gasteiger partial charge in [0.25, 0.3) is 0 Å². The monoisotopic (exact) mass is 338 g/mol. The quantitative estimate of drug-likeness (QED) is 0.702. The van der Waals surface area contributed by atoms with Gasteiger partial charge in [0.05, 0.1) is 0 Å². The molecular weight excluding hydrogens is 320 g/mol. The molecule has 0 aromatic heterocycles. The van der Waals surface area contributed by atoms with Gasteiger partial charge in [-0.15, -0.1) is 0 Å². The molecule has 0 amide bonds. The van der Waals surface area contributed by atoms with Crippen molar-refractivity contribution in [3.8, 4) is 23.7 Å². The van der Waals surface area contributed by atoms with E-state index in [0.717, 1.165) is 11.1 Å². The van der Waals surface area contributed by atoms with Crippen LogP contribution in [0.2, 0.25) is 0 Å². The molecule has 0 fully saturated rings. The normalized spacial score (nSPS) is 11.5. The Morgan fingerprint density at radius 3 is 1.42 bits per heavy atom. The van der Waals surface area contributed by atoms with E-state index in [2.05, 4.69) is 23.7 Å². The number of aliphatic hydroxyl groups is 2. The summed E-state index contributed by atoms with van der Waals surface area (Å²) < 4.78 is 0. The number of aliphatic hydroxyl groups excluding tert-OH is 1. The fourth-order valence-electron chi connectivity index (χ4n) is 2.42. The lowest BCUT2D eigenvalue weighted by Gasteiger charge is -2.23. The summed E-state index contributed by atoms with van der Waals surface area (Å²) in [5.41, 5.74) is 0.146. The SMILES string of the molecule is O[C@H](c1ccccc1)C(O)(C#Cc1ccccc1)C#Cc1ccccc1. The summed E-state index contributed by atoms with van der Waals surface area (Å²) in [6.07, 6.45) is -1.25. The summed E-state index contributed by atoms with van der Waals surface area (Å²) in [6.45, 7) is 0. The molecule has 1 atom stereocenters. The molecule has 0 bridgehead atoms. The first kappa shape index (κ1) is 17.5. The van der Waals surface area contributed by atoms with Crippen molar-refractivity contribution in [2.45, 2.75) is 11.7 Å². The maximum atomic E-state index is 11.1. The van der Waals surface area contributed by atoms with E-state index >= 15 is 0 Å². The minimum atomic E-state index is -1.90. The average molecular weight is 338 g/mol. The predicted molar refractivity (Wildman–Crippen MR) is 103 cm³/mol. The smallest absolute Gasteiger partial charge is 0.218 e. The van der Waals surface area contributed by atoms with E-state index in [1.165, 1.54) is 0 Å². The Labute approximate surface area is 153 Å². The summed E-state index contributed by atoms with van der Waals surface area (Å²) in [4.78, 5) is 0. The molecule has 0 saturated carbocycles. The molecule has 3 aromatic rings. The largest absolute Gasteiger partial charge is 0.383 e. The molecule has 2 heteroatoms. The first-order chi connectivity index (χ1) is 12.7. The first-order valence-electron chi connectivity index (χ1n) is 8.29. The average Bonchev–Trinajstić information content (AvgIpc) is 2.72. The van der Waals surface area contributed by atoms with E-state index in [9.17, 15) is 10.2 Å². The van der Waals surface area contributed by atoms with Gasteiger partial charge < -0.3 is 10.2 Å². The summed E-state index contributed by atoms with van der Waals surface area (Å²) in [5, 5.41) is 21.8. The van der Waals surface area contributed by atoms with E-state index in [4.69, 9.17) is 0 Å². The third-order valence-corrected chi connectivity index (χ3v) is 3.85. The van der Waals surface area contributed by atoms with Crippen molar-refractivity contribution in [2.75, 3.05) is 0 Å². The zero-order valence-electron chi connectivity index (χ0n) is 14.1. The van der Waals surface area contributed by atoms with E-state index < -0.39 is 11.7 Å². The lowest BCUT2D eigenvalue weighted by molar-refractivity contribution is 0.00698. The lowest BCUT2D eigenvalue weighted by atomic mass is 9.91. The van der Waals surface area contributed by atoms with Crippen molar-refractivity contribution in [2.24, 2.45) is 0 Å². The maximum absolute atomic E-state index is 11.1. The molecule has 3 aromatic carbocycles. The van der Waals surface area contributed by atoms with Gasteiger partial charge in [0.2, 0.25) is 5.60 Å². The van der Waals surface area contributed by atoms with Crippen LogP contribution in [0.25, 0.3) is 0 Å². The lowest BCUT2D eigenvalue weighted by Crippen LogP contribution is -2.33. The van der Waals surface area contributed by atoms with E-state index in [1.807, 2.05) is 66.7 Å². The second-order valence-electron chi connectivity index (χ2n) is 5.81. The Morgan fingerprint density at radius 1 is 0.615 bits per heavy atom. The van der Waals surface area contributed by atoms with E-state index in [1.54, 1.807) is 24.3 Å². The maximum Gasteiger partial charge on any atom is 0.218 e. The Morgan fingerprint density at radius 2 is 1.00 bits per heavy atom. The molecule has 0 aliphatic rings. The van der Waals surface area contributed by atoms with Crippen LogP contribution in [0.3, 0.4) is 0 Å². The van der Waals surface area contributed by atoms with Crippen LogP contribution >= 0.6 is 0 Å². The van der Waals surface area contributed by atoms with Gasteiger partial charge in [-0.05, 0) is 41.7 Å². The Kier molecular flexibility index (Phi) is 5.52. The molecule has 0 aliphatic carbocycles. The Hall–Kier alpha value is -3.30. The minimum absolute atomic E-state index is 0.555. The van der Waals surface area contributed by atoms with Gasteiger partial charge in [0.1, 0.15) is 6.10 Å². The van der Waals surface area contributed by atoms with Crippen LogP contribution in [-0.2, 0) is 0 Å². The highest BCUT2D eigenvalue weighted by atomic mass is 16.3. The molecule has 0 heterocycles. The highest BCUT2D eigenvalue weighted by Gasteiger charge is 2.33. The van der Waals surface area contributed by atoms with Crippen molar-refractivity contribution >= 4 is 0 Å². The minimum Gasteiger partial charge on any atom is -0.383 e. The molecule has 0 unspecified atom stereocenters. The predicted octanol–water partition coefficient (Wildman–Crippen LogP) is 3.55. The van der Waals surface area contributed by atoms with Crippen LogP contribution < -0.4 is 0 Å². The van der Waals surface area contributed by atoms with Crippen molar-refractivity contribution < 1.29 is 10.2 Å². The van der Waals surface area contributed by atoms with Gasteiger partial charge >= 0.3 is 0 Å². The third kappa shape index (κ3) is 4.41. The zero-order chi connectivity index (χ0) is 18.2. The summed E-state index contributed by atoms with van der Waals surface area (Å²) in [5.74, 6) is 11.3. The van der Waals surface area contributed by atoms with Gasteiger partial charge in [0, 0.05) is 11.1 Å². The molecule has 0 spiro atoms. The molecule has 0 aliphatic heterocycles. The molecule has 2 N–H and O–H groups in total. The molecule has 2 nitrogen and oxygen atoms in total. The number of hydrogen-bond acceptors (Lipinski definition) is 2. The van der Waals surface area contributed by atoms with Gasteiger partial charge in [0.15, 0.2) is 0 Å². The molecule has 3 rings (SSSR count). The Balaban J connectivity index is 2.01. The summed E-state index contributed by atoms with van der Waals surface area (Å²) >= 11 is 0. The number of hydrogen-bond donors (Lipinski definition) is 2. The summed E-state index contributed by atoms with van der Waals surface area (Å²) in [7, 11) is 0. The van der Waals surface area contributed by atoms with Gasteiger partial charge in [-0.3, -0.25) is 0 Å². The number of benzene rings is 3. The fourth-order valence-corrected chi connectivity index (χ4v) is 2.42. The van der Waals surface area contributed by atoms with Crippen LogP contribution in [-0.4, -0.2) is 15.8 Å². The van der Waals surface area contributed by atoms with Gasteiger partial charge in [-0.25, -0.2) is 0 Å². The van der Waals surface area contributed by atoms with E-state index in [-0.39, 0.29) is 0 Å². The van der Waals surface area contributed by atoms with Gasteiger partial charge in [-0.1, -0.05) is 78.6 Å². The third-order valence-electron chi connectivity index (χ3n) is 3.85. The molecule has 0 saturated heterocycles. The first-order valence-corrected chi connectivity index (χ1v) is 8.29. The van der Waals surface area contributed by atoms with Crippen LogP contribution in [0.5, 0.6) is 0 Å². The second-order valence-corrected chi connectivity index (χ2v) is 5.81.